The first-order valence-corrected chi connectivity index (χ1v) is 7.48. The lowest BCUT2D eigenvalue weighted by Gasteiger charge is -2.20. The lowest BCUT2D eigenvalue weighted by molar-refractivity contribution is -0.147. The van der Waals surface area contributed by atoms with Crippen LogP contribution in [0.15, 0.2) is 22.7 Å². The molecule has 1 fully saturated rings. The molecule has 0 radical (unpaired) electrons. The molecule has 1 saturated heterocycles. The van der Waals surface area contributed by atoms with Crippen LogP contribution in [0.4, 0.5) is 0 Å². The first kappa shape index (κ1) is 15.8. The lowest BCUT2D eigenvalue weighted by Crippen LogP contribution is -2.35. The van der Waals surface area contributed by atoms with E-state index in [2.05, 4.69) is 15.9 Å². The first-order chi connectivity index (χ1) is 9.85. The maximum atomic E-state index is 12.3. The van der Waals surface area contributed by atoms with Gasteiger partial charge < -0.3 is 14.7 Å². The number of nitrogens with zero attached hydrogens (tertiary/aromatic N) is 1. The minimum atomic E-state index is -0.847. The highest BCUT2D eigenvalue weighted by atomic mass is 79.9. The number of aliphatic carboxylic acids is 1. The van der Waals surface area contributed by atoms with Crippen LogP contribution in [0.3, 0.4) is 0 Å². The number of carboxylic acids is 1. The van der Waals surface area contributed by atoms with E-state index in [4.69, 9.17) is 4.74 Å². The molecule has 1 aliphatic heterocycles. The highest BCUT2D eigenvalue weighted by molar-refractivity contribution is 9.10. The Balaban J connectivity index is 2.08. The van der Waals surface area contributed by atoms with Gasteiger partial charge in [-0.25, -0.2) is 0 Å². The molecule has 1 heterocycles. The van der Waals surface area contributed by atoms with Crippen molar-refractivity contribution in [2.24, 2.45) is 5.41 Å². The number of benzene rings is 1. The Bertz CT molecular complexity index is 575. The van der Waals surface area contributed by atoms with Gasteiger partial charge in [0, 0.05) is 17.6 Å². The molecule has 1 N–H and O–H groups in total. The minimum Gasteiger partial charge on any atom is -0.497 e. The van der Waals surface area contributed by atoms with Gasteiger partial charge in [0.05, 0.1) is 18.9 Å². The van der Waals surface area contributed by atoms with Crippen LogP contribution in [-0.2, 0) is 16.0 Å². The van der Waals surface area contributed by atoms with Crippen LogP contribution in [-0.4, -0.2) is 42.1 Å². The van der Waals surface area contributed by atoms with E-state index in [1.807, 2.05) is 18.2 Å². The largest absolute Gasteiger partial charge is 0.497 e. The Morgan fingerprint density at radius 3 is 2.76 bits per heavy atom. The molecule has 5 nitrogen and oxygen atoms in total. The summed E-state index contributed by atoms with van der Waals surface area (Å²) in [6.07, 6.45) is 0.723. The Morgan fingerprint density at radius 1 is 1.48 bits per heavy atom. The third-order valence-electron chi connectivity index (χ3n) is 3.94. The maximum Gasteiger partial charge on any atom is 0.311 e. The van der Waals surface area contributed by atoms with Crippen LogP contribution in [0.1, 0.15) is 18.9 Å². The molecular formula is C15H18BrNO4. The molecule has 0 bridgehead atoms. The van der Waals surface area contributed by atoms with Crippen LogP contribution in [0.5, 0.6) is 5.75 Å². The van der Waals surface area contributed by atoms with E-state index in [9.17, 15) is 14.7 Å². The molecule has 0 aromatic heterocycles. The summed E-state index contributed by atoms with van der Waals surface area (Å²) >= 11 is 3.42. The summed E-state index contributed by atoms with van der Waals surface area (Å²) in [4.78, 5) is 25.2. The SMILES string of the molecule is COc1ccc(Br)c(CC(=O)N2CCC(C)(C(=O)O)C2)c1. The molecule has 0 aliphatic carbocycles. The van der Waals surface area contributed by atoms with Gasteiger partial charge in [0.15, 0.2) is 0 Å². The lowest BCUT2D eigenvalue weighted by atomic mass is 9.90. The smallest absolute Gasteiger partial charge is 0.311 e. The summed E-state index contributed by atoms with van der Waals surface area (Å²) in [5.41, 5.74) is 0.00430. The fraction of sp³-hybridized carbons (Fsp3) is 0.467. The highest BCUT2D eigenvalue weighted by Gasteiger charge is 2.41. The van der Waals surface area contributed by atoms with Gasteiger partial charge in [0.2, 0.25) is 5.91 Å². The summed E-state index contributed by atoms with van der Waals surface area (Å²) in [5.74, 6) is -0.216. The molecule has 21 heavy (non-hydrogen) atoms. The number of carbonyl (C=O) groups excluding carboxylic acids is 1. The average Bonchev–Trinajstić information content (AvgIpc) is 2.85. The van der Waals surface area contributed by atoms with E-state index in [1.54, 1.807) is 18.9 Å². The van der Waals surface area contributed by atoms with Gasteiger partial charge in [-0.2, -0.15) is 0 Å². The quantitative estimate of drug-likeness (QED) is 0.899. The Labute approximate surface area is 132 Å². The van der Waals surface area contributed by atoms with Crippen molar-refractivity contribution in [2.45, 2.75) is 19.8 Å². The minimum absolute atomic E-state index is 0.0612. The molecule has 6 heteroatoms. The van der Waals surface area contributed by atoms with Crippen molar-refractivity contribution >= 4 is 27.8 Å². The molecule has 1 unspecified atom stereocenters. The number of halogens is 1. The summed E-state index contributed by atoms with van der Waals surface area (Å²) in [6.45, 7) is 2.44. The molecule has 1 atom stereocenters. The summed E-state index contributed by atoms with van der Waals surface area (Å²) < 4.78 is 6.00. The Morgan fingerprint density at radius 2 is 2.19 bits per heavy atom. The van der Waals surface area contributed by atoms with Crippen molar-refractivity contribution in [3.8, 4) is 5.75 Å². The Kier molecular flexibility index (Phi) is 4.56. The molecule has 1 aliphatic rings. The van der Waals surface area contributed by atoms with Crippen LogP contribution >= 0.6 is 15.9 Å². The van der Waals surface area contributed by atoms with Crippen LogP contribution in [0.25, 0.3) is 0 Å². The number of carbonyl (C=O) groups is 2. The maximum absolute atomic E-state index is 12.3. The van der Waals surface area contributed by atoms with E-state index in [1.165, 1.54) is 0 Å². The van der Waals surface area contributed by atoms with Crippen LogP contribution in [0, 0.1) is 5.41 Å². The third-order valence-corrected chi connectivity index (χ3v) is 4.71. The van der Waals surface area contributed by atoms with Gasteiger partial charge in [-0.1, -0.05) is 15.9 Å². The standard InChI is InChI=1S/C15H18BrNO4/c1-15(14(19)20)5-6-17(9-15)13(18)8-10-7-11(21-2)3-4-12(10)16/h3-4,7H,5-6,8-9H2,1-2H3,(H,19,20). The van der Waals surface area contributed by atoms with Gasteiger partial charge in [-0.15, -0.1) is 0 Å². The number of likely N-dealkylation sites (tertiary alicyclic amines) is 1. The van der Waals surface area contributed by atoms with Gasteiger partial charge >= 0.3 is 5.97 Å². The molecule has 1 aromatic carbocycles. The average molecular weight is 356 g/mol. The van der Waals surface area contributed by atoms with Gasteiger partial charge in [-0.05, 0) is 37.1 Å². The van der Waals surface area contributed by atoms with Gasteiger partial charge in [-0.3, -0.25) is 9.59 Å². The Hall–Kier alpha value is -1.56. The van der Waals surface area contributed by atoms with Crippen molar-refractivity contribution in [1.29, 1.82) is 0 Å². The topological polar surface area (TPSA) is 66.8 Å². The van der Waals surface area contributed by atoms with Crippen LogP contribution in [0.2, 0.25) is 0 Å². The molecule has 1 aromatic rings. The molecule has 2 rings (SSSR count). The van der Waals surface area contributed by atoms with Crippen molar-refractivity contribution < 1.29 is 19.4 Å². The predicted octanol–water partition coefficient (Wildman–Crippen LogP) is 2.32. The number of ether oxygens (including phenoxy) is 1. The van der Waals surface area contributed by atoms with Crippen LogP contribution < -0.4 is 4.74 Å². The number of carboxylic acid groups (broad SMARTS) is 1. The monoisotopic (exact) mass is 355 g/mol. The summed E-state index contributed by atoms with van der Waals surface area (Å²) in [6, 6.07) is 5.47. The number of hydrogen-bond donors (Lipinski definition) is 1. The normalized spacial score (nSPS) is 21.4. The van der Waals surface area contributed by atoms with E-state index in [0.29, 0.717) is 18.7 Å². The first-order valence-electron chi connectivity index (χ1n) is 6.69. The van der Waals surface area contributed by atoms with Crippen molar-refractivity contribution in [2.75, 3.05) is 20.2 Å². The number of hydrogen-bond acceptors (Lipinski definition) is 3. The van der Waals surface area contributed by atoms with E-state index in [-0.39, 0.29) is 18.9 Å². The molecule has 0 saturated carbocycles. The van der Waals surface area contributed by atoms with E-state index >= 15 is 0 Å². The third kappa shape index (κ3) is 3.37. The second-order valence-electron chi connectivity index (χ2n) is 5.57. The zero-order valence-corrected chi connectivity index (χ0v) is 13.6. The number of amides is 1. The fourth-order valence-electron chi connectivity index (χ4n) is 2.44. The summed E-state index contributed by atoms with van der Waals surface area (Å²) in [5, 5.41) is 9.21. The van der Waals surface area contributed by atoms with E-state index in [0.717, 1.165) is 10.0 Å². The second kappa shape index (κ2) is 6.05. The highest BCUT2D eigenvalue weighted by Crippen LogP contribution is 2.31. The molecular weight excluding hydrogens is 338 g/mol. The van der Waals surface area contributed by atoms with Gasteiger partial charge in [0.1, 0.15) is 5.75 Å². The van der Waals surface area contributed by atoms with Gasteiger partial charge in [0.25, 0.3) is 0 Å². The fourth-order valence-corrected chi connectivity index (χ4v) is 2.82. The predicted molar refractivity (Wildman–Crippen MR) is 81.3 cm³/mol. The second-order valence-corrected chi connectivity index (χ2v) is 6.42. The zero-order valence-electron chi connectivity index (χ0n) is 12.1. The number of methoxy groups -OCH3 is 1. The van der Waals surface area contributed by atoms with Crippen molar-refractivity contribution in [3.63, 3.8) is 0 Å². The molecule has 1 amide bonds. The van der Waals surface area contributed by atoms with E-state index < -0.39 is 11.4 Å². The zero-order chi connectivity index (χ0) is 15.6. The van der Waals surface area contributed by atoms with Crippen molar-refractivity contribution in [1.82, 2.24) is 4.90 Å². The van der Waals surface area contributed by atoms with Crippen molar-refractivity contribution in [3.05, 3.63) is 28.2 Å². The number of rotatable bonds is 4. The molecule has 114 valence electrons. The molecule has 0 spiro atoms. The summed E-state index contributed by atoms with van der Waals surface area (Å²) in [7, 11) is 1.58.